The van der Waals surface area contributed by atoms with Crippen molar-refractivity contribution in [3.05, 3.63) is 56.5 Å². The van der Waals surface area contributed by atoms with E-state index in [1.165, 1.54) is 32.9 Å². The number of rotatable bonds is 6. The molecule has 320 valence electrons. The number of benzene rings is 2. The lowest BCUT2D eigenvalue weighted by atomic mass is 10.0. The van der Waals surface area contributed by atoms with Crippen LogP contribution >= 0.6 is 46.4 Å². The van der Waals surface area contributed by atoms with Gasteiger partial charge < -0.3 is 30.6 Å². The molecule has 20 heteroatoms. The Morgan fingerprint density at radius 2 is 0.862 bits per heavy atom. The summed E-state index contributed by atoms with van der Waals surface area (Å²) in [5.41, 5.74) is 0. The van der Waals surface area contributed by atoms with Gasteiger partial charge in [-0.1, -0.05) is 58.5 Å². The third-order valence-electron chi connectivity index (χ3n) is 12.3. The van der Waals surface area contributed by atoms with E-state index in [-0.39, 0.29) is 103 Å². The number of nitrogens with zero attached hydrogens (tertiary/aromatic N) is 4. The second kappa shape index (κ2) is 18.1. The predicted octanol–water partition coefficient (Wildman–Crippen LogP) is 5.69. The number of nitrogens with one attached hydrogen (secondary N) is 2. The first-order chi connectivity index (χ1) is 27.5. The highest BCUT2D eigenvalue weighted by molar-refractivity contribution is 7.89. The van der Waals surface area contributed by atoms with Crippen molar-refractivity contribution in [3.8, 4) is 0 Å². The van der Waals surface area contributed by atoms with E-state index in [0.29, 0.717) is 64.5 Å². The molecule has 6 heterocycles. The molecule has 2 aromatic rings. The molecule has 6 aliphatic rings. The van der Waals surface area contributed by atoms with Gasteiger partial charge in [-0.05, 0) is 101 Å². The van der Waals surface area contributed by atoms with Gasteiger partial charge in [-0.2, -0.15) is 8.61 Å². The number of hydrogen-bond donors (Lipinski definition) is 4. The van der Waals surface area contributed by atoms with Crippen LogP contribution in [0.1, 0.15) is 77.0 Å². The van der Waals surface area contributed by atoms with E-state index in [2.05, 4.69) is 10.6 Å². The summed E-state index contributed by atoms with van der Waals surface area (Å²) in [6, 6.07) is 8.60. The lowest BCUT2D eigenvalue weighted by molar-refractivity contribution is 0.0520. The number of aliphatic hydroxyl groups excluding tert-OH is 2. The third kappa shape index (κ3) is 9.21. The second-order valence-electron chi connectivity index (χ2n) is 16.2. The minimum atomic E-state index is -3.86. The van der Waals surface area contributed by atoms with Crippen molar-refractivity contribution in [2.24, 2.45) is 0 Å². The quantitative estimate of drug-likeness (QED) is 0.286. The second-order valence-corrected chi connectivity index (χ2v) is 21.6. The van der Waals surface area contributed by atoms with Crippen molar-refractivity contribution < 1.29 is 36.6 Å². The number of carbonyl (C=O) groups is 2. The van der Waals surface area contributed by atoms with Crippen molar-refractivity contribution in [1.29, 1.82) is 0 Å². The van der Waals surface area contributed by atoms with E-state index in [0.717, 1.165) is 25.7 Å². The largest absolute Gasteiger partial charge is 0.393 e. The van der Waals surface area contributed by atoms with Crippen molar-refractivity contribution in [2.75, 3.05) is 26.2 Å². The molecule has 4 bridgehead atoms. The van der Waals surface area contributed by atoms with Crippen LogP contribution in [0.25, 0.3) is 0 Å². The van der Waals surface area contributed by atoms with Crippen molar-refractivity contribution in [2.45, 2.75) is 135 Å². The molecule has 4 N–H and O–H groups in total. The predicted molar refractivity (Wildman–Crippen MR) is 221 cm³/mol. The Morgan fingerprint density at radius 3 is 1.17 bits per heavy atom. The summed E-state index contributed by atoms with van der Waals surface area (Å²) in [6.07, 6.45) is 8.09. The first kappa shape index (κ1) is 44.0. The zero-order chi connectivity index (χ0) is 41.5. The Balaban J connectivity index is 0.000000177. The van der Waals surface area contributed by atoms with Crippen LogP contribution in [0.4, 0.5) is 9.59 Å². The molecule has 0 aliphatic carbocycles. The summed E-state index contributed by atoms with van der Waals surface area (Å²) in [6.45, 7) is 1.08. The standard InChI is InChI=1S/2C19H25Cl2N3O4S/c2*20-16-4-1-5-17(21)18(16)29(27,28)23-8-2-3-12(11-23)22-19(26)24-13-6-7-14(24)10-15(25)9-13/h2*1,4-5,12-15,25H,2-3,6-11H2,(H,22,26)/t2*12-,13?,14?,15?/m00/s1. The Bertz CT molecular complexity index is 1870. The molecule has 8 rings (SSSR count). The lowest BCUT2D eigenvalue weighted by Crippen LogP contribution is -2.57. The maximum absolute atomic E-state index is 13.1. The normalized spacial score (nSPS) is 30.4. The smallest absolute Gasteiger partial charge is 0.318 e. The molecular weight excluding hydrogens is 874 g/mol. The van der Waals surface area contributed by atoms with Gasteiger partial charge in [0.1, 0.15) is 9.79 Å². The number of piperidine rings is 4. The zero-order valence-corrected chi connectivity index (χ0v) is 36.5. The van der Waals surface area contributed by atoms with Crippen LogP contribution < -0.4 is 10.6 Å². The average Bonchev–Trinajstić information content (AvgIpc) is 3.60. The number of carbonyl (C=O) groups excluding carboxylic acids is 2. The van der Waals surface area contributed by atoms with Crippen LogP contribution in [0.15, 0.2) is 46.2 Å². The van der Waals surface area contributed by atoms with Gasteiger partial charge in [0, 0.05) is 62.4 Å². The molecule has 14 nitrogen and oxygen atoms in total. The van der Waals surface area contributed by atoms with Gasteiger partial charge in [0.05, 0.1) is 32.3 Å². The van der Waals surface area contributed by atoms with Gasteiger partial charge in [-0.3, -0.25) is 0 Å². The van der Waals surface area contributed by atoms with Crippen LogP contribution in [0.5, 0.6) is 0 Å². The van der Waals surface area contributed by atoms with Crippen LogP contribution in [-0.2, 0) is 20.0 Å². The highest BCUT2D eigenvalue weighted by atomic mass is 35.5. The summed E-state index contributed by atoms with van der Waals surface area (Å²) >= 11 is 24.5. The molecule has 4 amide bonds. The van der Waals surface area contributed by atoms with Crippen molar-refractivity contribution in [1.82, 2.24) is 29.0 Å². The third-order valence-corrected chi connectivity index (χ3v) is 18.0. The minimum Gasteiger partial charge on any atom is -0.393 e. The van der Waals surface area contributed by atoms with E-state index in [4.69, 9.17) is 46.4 Å². The fourth-order valence-corrected chi connectivity index (χ4v) is 15.0. The summed E-state index contributed by atoms with van der Waals surface area (Å²) in [7, 11) is -7.72. The average molecular weight is 925 g/mol. The molecule has 0 radical (unpaired) electrons. The topological polar surface area (TPSA) is 180 Å². The molecule has 2 aromatic carbocycles. The Kier molecular flexibility index (Phi) is 13.7. The number of hydrogen-bond acceptors (Lipinski definition) is 8. The fraction of sp³-hybridized carbons (Fsp3) is 0.632. The number of urea groups is 2. The molecule has 58 heavy (non-hydrogen) atoms. The van der Waals surface area contributed by atoms with Crippen molar-refractivity contribution >= 4 is 78.5 Å². The van der Waals surface area contributed by atoms with Gasteiger partial charge in [-0.25, -0.2) is 26.4 Å². The Hall–Kier alpha value is -2.12. The van der Waals surface area contributed by atoms with E-state index in [1.807, 2.05) is 9.80 Å². The number of halogens is 4. The van der Waals surface area contributed by atoms with Crippen LogP contribution in [-0.4, -0.2) is 132 Å². The van der Waals surface area contributed by atoms with Gasteiger partial charge in [0.2, 0.25) is 20.0 Å². The van der Waals surface area contributed by atoms with E-state index >= 15 is 0 Å². The van der Waals surface area contributed by atoms with Gasteiger partial charge >= 0.3 is 12.1 Å². The van der Waals surface area contributed by atoms with E-state index in [1.54, 1.807) is 12.1 Å². The van der Waals surface area contributed by atoms with E-state index in [9.17, 15) is 36.6 Å². The summed E-state index contributed by atoms with van der Waals surface area (Å²) < 4.78 is 55.2. The lowest BCUT2D eigenvalue weighted by Gasteiger charge is -2.39. The van der Waals surface area contributed by atoms with Crippen LogP contribution in [0.2, 0.25) is 20.1 Å². The Morgan fingerprint density at radius 1 is 0.552 bits per heavy atom. The highest BCUT2D eigenvalue weighted by Gasteiger charge is 2.45. The Labute approximate surface area is 360 Å². The van der Waals surface area contributed by atoms with Gasteiger partial charge in [0.25, 0.3) is 0 Å². The molecule has 6 atom stereocenters. The molecule has 6 fully saturated rings. The number of aliphatic hydroxyl groups is 2. The molecule has 6 saturated heterocycles. The maximum atomic E-state index is 13.1. The number of amides is 4. The fourth-order valence-electron chi connectivity index (χ4n) is 9.73. The summed E-state index contributed by atoms with van der Waals surface area (Å²) in [5, 5.41) is 26.3. The first-order valence-electron chi connectivity index (χ1n) is 20.0. The zero-order valence-electron chi connectivity index (χ0n) is 31.9. The van der Waals surface area contributed by atoms with E-state index < -0.39 is 20.0 Å². The molecular formula is C38H50Cl4N6O8S2. The minimum absolute atomic E-state index is 0.0640. The molecule has 6 aliphatic heterocycles. The number of fused-ring (bicyclic) bond motifs is 4. The molecule has 0 aromatic heterocycles. The molecule has 0 saturated carbocycles. The van der Waals surface area contributed by atoms with Gasteiger partial charge in [0.15, 0.2) is 0 Å². The number of sulfonamides is 2. The SMILES string of the molecule is O=C(N[C@H]1CCCN(S(=O)(=O)c2c(Cl)cccc2Cl)C1)N1C2CCC1CC(O)C2.O=C(N[C@H]1CCCN(S(=O)(=O)c2c(Cl)cccc2Cl)C1)N1C2CCC1CC(O)C2. The summed E-state index contributed by atoms with van der Waals surface area (Å²) in [5.74, 6) is 0. The highest BCUT2D eigenvalue weighted by Crippen LogP contribution is 2.38. The van der Waals surface area contributed by atoms with Crippen molar-refractivity contribution in [3.63, 3.8) is 0 Å². The molecule has 0 spiro atoms. The molecule has 4 unspecified atom stereocenters. The van der Waals surface area contributed by atoms with Crippen LogP contribution in [0.3, 0.4) is 0 Å². The first-order valence-corrected chi connectivity index (χ1v) is 24.4. The monoisotopic (exact) mass is 922 g/mol. The summed E-state index contributed by atoms with van der Waals surface area (Å²) in [4.78, 5) is 29.3. The van der Waals surface area contributed by atoms with Gasteiger partial charge in [-0.15, -0.1) is 0 Å². The maximum Gasteiger partial charge on any atom is 0.318 e. The van der Waals surface area contributed by atoms with Crippen LogP contribution in [0, 0.1) is 0 Å².